The molecule has 1 amide bonds. The van der Waals surface area contributed by atoms with Crippen molar-refractivity contribution in [1.82, 2.24) is 24.8 Å². The van der Waals surface area contributed by atoms with Crippen molar-refractivity contribution in [3.05, 3.63) is 42.0 Å². The molecule has 2 heterocycles. The summed E-state index contributed by atoms with van der Waals surface area (Å²) in [7, 11) is 0. The third-order valence-corrected chi connectivity index (χ3v) is 2.47. The van der Waals surface area contributed by atoms with Gasteiger partial charge in [-0.1, -0.05) is 11.6 Å². The number of halogens is 1. The zero-order valence-corrected chi connectivity index (χ0v) is 10.5. The Hall–Kier alpha value is -1.95. The summed E-state index contributed by atoms with van der Waals surface area (Å²) in [5.41, 5.74) is 0.247. The van der Waals surface area contributed by atoms with Gasteiger partial charge in [-0.2, -0.15) is 0 Å². The monoisotopic (exact) mass is 265 g/mol. The smallest absolute Gasteiger partial charge is 0.271 e. The van der Waals surface area contributed by atoms with E-state index in [0.29, 0.717) is 6.54 Å². The predicted molar refractivity (Wildman–Crippen MR) is 66.2 cm³/mol. The minimum atomic E-state index is -0.271. The molecule has 1 N–H and O–H groups in total. The standard InChI is InChI=1S/C11H12ClN5O/c1-8(6-17-3-2-13-7-17)16-11(18)9-4-15-10(12)5-14-9/h2-5,7-8H,6H2,1H3,(H,16,18). The Labute approximate surface area is 109 Å². The number of hydrogen-bond donors (Lipinski definition) is 1. The second-order valence-corrected chi connectivity index (χ2v) is 4.25. The predicted octanol–water partition coefficient (Wildman–Crippen LogP) is 1.14. The summed E-state index contributed by atoms with van der Waals surface area (Å²) in [6.07, 6.45) is 7.92. The van der Waals surface area contributed by atoms with Crippen molar-refractivity contribution in [2.75, 3.05) is 0 Å². The van der Waals surface area contributed by atoms with Crippen LogP contribution < -0.4 is 5.32 Å². The molecule has 0 aromatic carbocycles. The number of nitrogens with zero attached hydrogens (tertiary/aromatic N) is 4. The number of nitrogens with one attached hydrogen (secondary N) is 1. The molecule has 2 aromatic heterocycles. The topological polar surface area (TPSA) is 72.7 Å². The lowest BCUT2D eigenvalue weighted by Crippen LogP contribution is -2.35. The summed E-state index contributed by atoms with van der Waals surface area (Å²) in [5.74, 6) is -0.271. The van der Waals surface area contributed by atoms with Gasteiger partial charge in [-0.25, -0.2) is 15.0 Å². The van der Waals surface area contributed by atoms with E-state index in [1.165, 1.54) is 12.4 Å². The van der Waals surface area contributed by atoms with Gasteiger partial charge in [0.2, 0.25) is 0 Å². The van der Waals surface area contributed by atoms with Crippen LogP contribution in [0, 0.1) is 0 Å². The second-order valence-electron chi connectivity index (χ2n) is 3.86. The third kappa shape index (κ3) is 3.27. The first kappa shape index (κ1) is 12.5. The highest BCUT2D eigenvalue weighted by atomic mass is 35.5. The van der Waals surface area contributed by atoms with Crippen LogP contribution >= 0.6 is 11.6 Å². The molecule has 0 spiro atoms. The molecule has 0 bridgehead atoms. The minimum Gasteiger partial charge on any atom is -0.346 e. The van der Waals surface area contributed by atoms with E-state index in [9.17, 15) is 4.79 Å². The van der Waals surface area contributed by atoms with Crippen molar-refractivity contribution in [3.63, 3.8) is 0 Å². The highest BCUT2D eigenvalue weighted by molar-refractivity contribution is 6.29. The lowest BCUT2D eigenvalue weighted by Gasteiger charge is -2.13. The SMILES string of the molecule is CC(Cn1ccnc1)NC(=O)c1cnc(Cl)cn1. The normalized spacial score (nSPS) is 12.1. The average molecular weight is 266 g/mol. The molecule has 0 radical (unpaired) electrons. The highest BCUT2D eigenvalue weighted by Gasteiger charge is 2.11. The maximum atomic E-state index is 11.8. The summed E-state index contributed by atoms with van der Waals surface area (Å²) < 4.78 is 1.89. The molecule has 18 heavy (non-hydrogen) atoms. The summed E-state index contributed by atoms with van der Waals surface area (Å²) in [4.78, 5) is 23.5. The lowest BCUT2D eigenvalue weighted by atomic mass is 10.3. The molecule has 1 atom stereocenters. The quantitative estimate of drug-likeness (QED) is 0.900. The van der Waals surface area contributed by atoms with Crippen LogP contribution in [0.3, 0.4) is 0 Å². The fraction of sp³-hybridized carbons (Fsp3) is 0.273. The van der Waals surface area contributed by atoms with E-state index in [0.717, 1.165) is 0 Å². The van der Waals surface area contributed by atoms with Gasteiger partial charge >= 0.3 is 0 Å². The molecule has 7 heteroatoms. The summed E-state index contributed by atoms with van der Waals surface area (Å²) >= 11 is 5.60. The molecule has 0 aliphatic carbocycles. The van der Waals surface area contributed by atoms with Gasteiger partial charge in [0.05, 0.1) is 18.7 Å². The van der Waals surface area contributed by atoms with E-state index < -0.39 is 0 Å². The Kier molecular flexibility index (Phi) is 3.88. The molecule has 94 valence electrons. The van der Waals surface area contributed by atoms with Crippen LogP contribution in [0.25, 0.3) is 0 Å². The van der Waals surface area contributed by atoms with Gasteiger partial charge < -0.3 is 9.88 Å². The maximum Gasteiger partial charge on any atom is 0.271 e. The summed E-state index contributed by atoms with van der Waals surface area (Å²) in [5, 5.41) is 3.08. The number of carbonyl (C=O) groups excluding carboxylic acids is 1. The van der Waals surface area contributed by atoms with Crippen LogP contribution in [0.1, 0.15) is 17.4 Å². The Morgan fingerprint density at radius 1 is 1.50 bits per heavy atom. The first-order valence-electron chi connectivity index (χ1n) is 5.39. The van der Waals surface area contributed by atoms with Gasteiger partial charge in [-0.15, -0.1) is 0 Å². The van der Waals surface area contributed by atoms with Gasteiger partial charge in [-0.05, 0) is 6.92 Å². The van der Waals surface area contributed by atoms with E-state index in [1.54, 1.807) is 12.5 Å². The Bertz CT molecular complexity index is 511. The second kappa shape index (κ2) is 5.59. The van der Waals surface area contributed by atoms with E-state index in [2.05, 4.69) is 20.3 Å². The minimum absolute atomic E-state index is 0.0378. The molecule has 0 saturated carbocycles. The van der Waals surface area contributed by atoms with Crippen molar-refractivity contribution < 1.29 is 4.79 Å². The van der Waals surface area contributed by atoms with Crippen LogP contribution in [-0.2, 0) is 6.54 Å². The number of carbonyl (C=O) groups is 1. The third-order valence-electron chi connectivity index (χ3n) is 2.27. The van der Waals surface area contributed by atoms with E-state index in [1.807, 2.05) is 17.7 Å². The van der Waals surface area contributed by atoms with Crippen molar-refractivity contribution in [3.8, 4) is 0 Å². The molecule has 2 aromatic rings. The van der Waals surface area contributed by atoms with Gasteiger partial charge in [0, 0.05) is 25.0 Å². The van der Waals surface area contributed by atoms with E-state index in [4.69, 9.17) is 11.6 Å². The molecule has 1 unspecified atom stereocenters. The van der Waals surface area contributed by atoms with Crippen LogP contribution in [0.15, 0.2) is 31.1 Å². The van der Waals surface area contributed by atoms with E-state index in [-0.39, 0.29) is 22.8 Å². The Balaban J connectivity index is 1.92. The molecule has 2 rings (SSSR count). The Morgan fingerprint density at radius 3 is 2.94 bits per heavy atom. The van der Waals surface area contributed by atoms with Crippen LogP contribution in [0.4, 0.5) is 0 Å². The number of rotatable bonds is 4. The number of imidazole rings is 1. The van der Waals surface area contributed by atoms with Crippen LogP contribution in [-0.4, -0.2) is 31.5 Å². The van der Waals surface area contributed by atoms with Crippen LogP contribution in [0.2, 0.25) is 5.15 Å². The van der Waals surface area contributed by atoms with Gasteiger partial charge in [-0.3, -0.25) is 4.79 Å². The molecular weight excluding hydrogens is 254 g/mol. The Morgan fingerprint density at radius 2 is 2.33 bits per heavy atom. The van der Waals surface area contributed by atoms with Crippen molar-refractivity contribution in [1.29, 1.82) is 0 Å². The molecule has 0 aliphatic rings. The van der Waals surface area contributed by atoms with Crippen molar-refractivity contribution in [2.24, 2.45) is 0 Å². The molecule has 0 fully saturated rings. The lowest BCUT2D eigenvalue weighted by molar-refractivity contribution is 0.0931. The zero-order chi connectivity index (χ0) is 13.0. The largest absolute Gasteiger partial charge is 0.346 e. The number of amides is 1. The molecule has 6 nitrogen and oxygen atoms in total. The first-order chi connectivity index (χ1) is 8.65. The summed E-state index contributed by atoms with van der Waals surface area (Å²) in [6.45, 7) is 2.55. The van der Waals surface area contributed by atoms with Crippen LogP contribution in [0.5, 0.6) is 0 Å². The molecule has 0 saturated heterocycles. The van der Waals surface area contributed by atoms with E-state index >= 15 is 0 Å². The van der Waals surface area contributed by atoms with Crippen molar-refractivity contribution in [2.45, 2.75) is 19.5 Å². The molecule has 0 aliphatic heterocycles. The van der Waals surface area contributed by atoms with Gasteiger partial charge in [0.25, 0.3) is 5.91 Å². The van der Waals surface area contributed by atoms with Crippen molar-refractivity contribution >= 4 is 17.5 Å². The van der Waals surface area contributed by atoms with Gasteiger partial charge in [0.15, 0.2) is 0 Å². The fourth-order valence-corrected chi connectivity index (χ4v) is 1.58. The maximum absolute atomic E-state index is 11.8. The zero-order valence-electron chi connectivity index (χ0n) is 9.75. The number of aromatic nitrogens is 4. The highest BCUT2D eigenvalue weighted by Crippen LogP contribution is 2.01. The fourth-order valence-electron chi connectivity index (χ4n) is 1.48. The molecular formula is C11H12ClN5O. The van der Waals surface area contributed by atoms with Gasteiger partial charge in [0.1, 0.15) is 10.8 Å². The first-order valence-corrected chi connectivity index (χ1v) is 5.77. The summed E-state index contributed by atoms with van der Waals surface area (Å²) in [6, 6.07) is -0.0378. The average Bonchev–Trinajstić information content (AvgIpc) is 2.82. The number of hydrogen-bond acceptors (Lipinski definition) is 4.